The lowest BCUT2D eigenvalue weighted by atomic mass is 10.2. The number of hydrogen-bond donors (Lipinski definition) is 1. The first-order valence-electron chi connectivity index (χ1n) is 3.50. The van der Waals surface area contributed by atoms with Gasteiger partial charge in [0.25, 0.3) is 0 Å². The fraction of sp³-hybridized carbons (Fsp3) is 0.444. The van der Waals surface area contributed by atoms with Gasteiger partial charge in [-0.15, -0.1) is 0 Å². The first-order chi connectivity index (χ1) is 5.16. The molecule has 0 aliphatic rings. The summed E-state index contributed by atoms with van der Waals surface area (Å²) in [5.74, 6) is 4.81. The van der Waals surface area contributed by atoms with Crippen LogP contribution in [0.2, 0.25) is 0 Å². The minimum Gasteiger partial charge on any atom is -0.481 e. The second kappa shape index (κ2) is 5.55. The van der Waals surface area contributed by atoms with Gasteiger partial charge in [0.2, 0.25) is 0 Å². The molecule has 0 aromatic carbocycles. The molecule has 0 atom stereocenters. The molecule has 11 heavy (non-hydrogen) atoms. The van der Waals surface area contributed by atoms with E-state index in [1.54, 1.807) is 0 Å². The summed E-state index contributed by atoms with van der Waals surface area (Å²) in [6.07, 6.45) is 2.46. The zero-order chi connectivity index (χ0) is 8.69. The molecule has 2 nitrogen and oxygen atoms in total. The molecule has 0 aliphatic heterocycles. The summed E-state index contributed by atoms with van der Waals surface area (Å²) in [5.41, 5.74) is 0.982. The van der Waals surface area contributed by atoms with Crippen molar-refractivity contribution in [3.8, 4) is 11.8 Å². The van der Waals surface area contributed by atoms with Crippen LogP contribution in [0.3, 0.4) is 0 Å². The molecule has 0 radical (unpaired) electrons. The standard InChI is InChI=1S/C9H12O2/c1-3-8(2)6-4-5-7-9(10)11/h3H,5,7H2,1-2H3,(H,10,11). The molecule has 1 N–H and O–H groups in total. The number of carboxylic acids is 1. The maximum Gasteiger partial charge on any atom is 0.304 e. The van der Waals surface area contributed by atoms with Gasteiger partial charge in [-0.3, -0.25) is 4.79 Å². The Morgan fingerprint density at radius 2 is 2.27 bits per heavy atom. The summed E-state index contributed by atoms with van der Waals surface area (Å²) >= 11 is 0. The lowest BCUT2D eigenvalue weighted by Gasteiger charge is -1.84. The number of aliphatic carboxylic acids is 1. The largest absolute Gasteiger partial charge is 0.481 e. The third-order valence-electron chi connectivity index (χ3n) is 1.18. The molecule has 0 heterocycles. The molecule has 0 spiro atoms. The van der Waals surface area contributed by atoms with Crippen molar-refractivity contribution in [3.63, 3.8) is 0 Å². The Balaban J connectivity index is 3.65. The average Bonchev–Trinajstić information content (AvgIpc) is 1.97. The summed E-state index contributed by atoms with van der Waals surface area (Å²) in [6, 6.07) is 0. The minimum atomic E-state index is -0.794. The van der Waals surface area contributed by atoms with Crippen molar-refractivity contribution in [2.24, 2.45) is 0 Å². The topological polar surface area (TPSA) is 37.3 Å². The summed E-state index contributed by atoms with van der Waals surface area (Å²) in [4.78, 5) is 10.0. The minimum absolute atomic E-state index is 0.129. The zero-order valence-corrected chi connectivity index (χ0v) is 6.85. The van der Waals surface area contributed by atoms with E-state index in [0.29, 0.717) is 6.42 Å². The Morgan fingerprint density at radius 3 is 2.73 bits per heavy atom. The van der Waals surface area contributed by atoms with Crippen LogP contribution in [0, 0.1) is 11.8 Å². The Kier molecular flexibility index (Phi) is 4.93. The van der Waals surface area contributed by atoms with E-state index in [1.165, 1.54) is 0 Å². The Hall–Kier alpha value is -1.23. The molecule has 0 amide bonds. The van der Waals surface area contributed by atoms with Crippen LogP contribution in [0.25, 0.3) is 0 Å². The second-order valence-electron chi connectivity index (χ2n) is 2.17. The van der Waals surface area contributed by atoms with Gasteiger partial charge in [0, 0.05) is 6.42 Å². The lowest BCUT2D eigenvalue weighted by molar-refractivity contribution is -0.136. The van der Waals surface area contributed by atoms with Gasteiger partial charge in [-0.2, -0.15) is 0 Å². The number of rotatable bonds is 2. The molecule has 0 aromatic heterocycles. The Morgan fingerprint density at radius 1 is 1.64 bits per heavy atom. The smallest absolute Gasteiger partial charge is 0.304 e. The van der Waals surface area contributed by atoms with E-state index in [1.807, 2.05) is 19.9 Å². The Bertz CT molecular complexity index is 215. The van der Waals surface area contributed by atoms with Crippen LogP contribution in [-0.4, -0.2) is 11.1 Å². The van der Waals surface area contributed by atoms with E-state index in [0.717, 1.165) is 5.57 Å². The van der Waals surface area contributed by atoms with Crippen LogP contribution in [0.1, 0.15) is 26.7 Å². The van der Waals surface area contributed by atoms with Gasteiger partial charge in [0.05, 0.1) is 6.42 Å². The van der Waals surface area contributed by atoms with E-state index in [4.69, 9.17) is 5.11 Å². The monoisotopic (exact) mass is 152 g/mol. The van der Waals surface area contributed by atoms with Gasteiger partial charge in [-0.1, -0.05) is 17.9 Å². The number of carbonyl (C=O) groups is 1. The molecule has 0 saturated carbocycles. The summed E-state index contributed by atoms with van der Waals surface area (Å²) in [6.45, 7) is 3.80. The van der Waals surface area contributed by atoms with Crippen LogP contribution in [0.15, 0.2) is 11.6 Å². The normalized spacial score (nSPS) is 10.2. The van der Waals surface area contributed by atoms with E-state index >= 15 is 0 Å². The van der Waals surface area contributed by atoms with Crippen LogP contribution >= 0.6 is 0 Å². The fourth-order valence-electron chi connectivity index (χ4n) is 0.444. The van der Waals surface area contributed by atoms with E-state index in [-0.39, 0.29) is 6.42 Å². The molecular weight excluding hydrogens is 140 g/mol. The van der Waals surface area contributed by atoms with Gasteiger partial charge in [0.15, 0.2) is 0 Å². The van der Waals surface area contributed by atoms with Gasteiger partial charge in [0.1, 0.15) is 0 Å². The predicted octanol–water partition coefficient (Wildman–Crippen LogP) is 1.82. The zero-order valence-electron chi connectivity index (χ0n) is 6.85. The highest BCUT2D eigenvalue weighted by Gasteiger charge is 1.90. The highest BCUT2D eigenvalue weighted by atomic mass is 16.4. The molecule has 0 bridgehead atoms. The molecule has 0 aliphatic carbocycles. The van der Waals surface area contributed by atoms with Gasteiger partial charge < -0.3 is 5.11 Å². The van der Waals surface area contributed by atoms with Crippen LogP contribution < -0.4 is 0 Å². The van der Waals surface area contributed by atoms with Crippen molar-refractivity contribution >= 4 is 5.97 Å². The summed E-state index contributed by atoms with van der Waals surface area (Å²) in [7, 11) is 0. The number of carboxylic acid groups (broad SMARTS) is 1. The first kappa shape index (κ1) is 9.77. The van der Waals surface area contributed by atoms with Crippen molar-refractivity contribution in [1.29, 1.82) is 0 Å². The predicted molar refractivity (Wildman–Crippen MR) is 44.1 cm³/mol. The van der Waals surface area contributed by atoms with Crippen molar-refractivity contribution in [2.45, 2.75) is 26.7 Å². The third-order valence-corrected chi connectivity index (χ3v) is 1.18. The molecular formula is C9H12O2. The number of allylic oxidation sites excluding steroid dienone is 2. The molecule has 0 saturated heterocycles. The maximum absolute atomic E-state index is 10.0. The molecule has 0 rings (SSSR count). The van der Waals surface area contributed by atoms with E-state index in [9.17, 15) is 4.79 Å². The quantitative estimate of drug-likeness (QED) is 0.613. The first-order valence-corrected chi connectivity index (χ1v) is 3.50. The SMILES string of the molecule is CC=C(C)C#CCCC(=O)O. The molecule has 0 unspecified atom stereocenters. The number of hydrogen-bond acceptors (Lipinski definition) is 1. The van der Waals surface area contributed by atoms with Crippen LogP contribution in [0.4, 0.5) is 0 Å². The molecule has 0 fully saturated rings. The third kappa shape index (κ3) is 6.66. The Labute approximate surface area is 66.9 Å². The highest BCUT2D eigenvalue weighted by molar-refractivity contribution is 5.67. The average molecular weight is 152 g/mol. The van der Waals surface area contributed by atoms with Crippen molar-refractivity contribution in [1.82, 2.24) is 0 Å². The van der Waals surface area contributed by atoms with Crippen LogP contribution in [-0.2, 0) is 4.79 Å². The van der Waals surface area contributed by atoms with Gasteiger partial charge >= 0.3 is 5.97 Å². The van der Waals surface area contributed by atoms with E-state index in [2.05, 4.69) is 11.8 Å². The van der Waals surface area contributed by atoms with Crippen LogP contribution in [0.5, 0.6) is 0 Å². The van der Waals surface area contributed by atoms with Crippen molar-refractivity contribution < 1.29 is 9.90 Å². The summed E-state index contributed by atoms with van der Waals surface area (Å²) < 4.78 is 0. The van der Waals surface area contributed by atoms with Crippen molar-refractivity contribution in [2.75, 3.05) is 0 Å². The van der Waals surface area contributed by atoms with Crippen molar-refractivity contribution in [3.05, 3.63) is 11.6 Å². The lowest BCUT2D eigenvalue weighted by Crippen LogP contribution is -1.91. The molecule has 2 heteroatoms. The highest BCUT2D eigenvalue weighted by Crippen LogP contribution is 1.90. The van der Waals surface area contributed by atoms with Gasteiger partial charge in [-0.05, 0) is 19.4 Å². The van der Waals surface area contributed by atoms with E-state index < -0.39 is 5.97 Å². The fourth-order valence-corrected chi connectivity index (χ4v) is 0.444. The summed E-state index contributed by atoms with van der Waals surface area (Å²) in [5, 5.41) is 8.25. The van der Waals surface area contributed by atoms with Gasteiger partial charge in [-0.25, -0.2) is 0 Å². The second-order valence-corrected chi connectivity index (χ2v) is 2.17. The maximum atomic E-state index is 10.0. The molecule has 0 aromatic rings. The molecule has 60 valence electrons.